The summed E-state index contributed by atoms with van der Waals surface area (Å²) in [5, 5.41) is 0. The topological polar surface area (TPSA) is 78.9 Å². The molecule has 0 heterocycles. The van der Waals surface area contributed by atoms with Crippen LogP contribution in [0.4, 0.5) is 0 Å². The van der Waals surface area contributed by atoms with Crippen molar-refractivity contribution < 1.29 is 28.6 Å². The Balaban J connectivity index is 4.50. The van der Waals surface area contributed by atoms with Crippen LogP contribution >= 0.6 is 0 Å². The van der Waals surface area contributed by atoms with Gasteiger partial charge in [0.25, 0.3) is 0 Å². The Kier molecular flexibility index (Phi) is 53.9. The lowest BCUT2D eigenvalue weighted by molar-refractivity contribution is -0.167. The second kappa shape index (κ2) is 56.9. The number of hydrogen-bond donors (Lipinski definition) is 0. The summed E-state index contributed by atoms with van der Waals surface area (Å²) in [7, 11) is 0. The van der Waals surface area contributed by atoms with Crippen LogP contribution in [0.3, 0.4) is 0 Å². The van der Waals surface area contributed by atoms with E-state index in [2.05, 4.69) is 118 Å². The summed E-state index contributed by atoms with van der Waals surface area (Å²) in [5.74, 6) is -0.982. The maximum Gasteiger partial charge on any atom is 0.306 e. The molecule has 0 aromatic heterocycles. The first-order valence-electron chi connectivity index (χ1n) is 28.7. The van der Waals surface area contributed by atoms with Gasteiger partial charge in [0.15, 0.2) is 6.10 Å². The zero-order chi connectivity index (χ0) is 50.0. The fourth-order valence-corrected chi connectivity index (χ4v) is 7.78. The van der Waals surface area contributed by atoms with Crippen molar-refractivity contribution in [3.63, 3.8) is 0 Å². The number of esters is 3. The van der Waals surface area contributed by atoms with Gasteiger partial charge in [0.1, 0.15) is 13.2 Å². The molecule has 6 nitrogen and oxygen atoms in total. The summed E-state index contributed by atoms with van der Waals surface area (Å²) in [5.41, 5.74) is 0. The monoisotopic (exact) mass is 959 g/mol. The highest BCUT2D eigenvalue weighted by atomic mass is 16.6. The van der Waals surface area contributed by atoms with Crippen molar-refractivity contribution in [1.29, 1.82) is 0 Å². The third-order valence-corrected chi connectivity index (χ3v) is 12.1. The summed E-state index contributed by atoms with van der Waals surface area (Å²) >= 11 is 0. The zero-order valence-electron chi connectivity index (χ0n) is 45.0. The van der Waals surface area contributed by atoms with Gasteiger partial charge >= 0.3 is 17.9 Å². The van der Waals surface area contributed by atoms with Crippen LogP contribution < -0.4 is 0 Å². The van der Waals surface area contributed by atoms with Gasteiger partial charge in [0, 0.05) is 19.3 Å². The Labute approximate surface area is 426 Å². The van der Waals surface area contributed by atoms with E-state index >= 15 is 0 Å². The average molecular weight is 960 g/mol. The molecule has 0 aromatic carbocycles. The summed E-state index contributed by atoms with van der Waals surface area (Å²) in [6.45, 7) is 6.45. The molecule has 0 amide bonds. The van der Waals surface area contributed by atoms with Crippen molar-refractivity contribution in [1.82, 2.24) is 0 Å². The molecule has 0 aliphatic heterocycles. The minimum absolute atomic E-state index is 0.106. The van der Waals surface area contributed by atoms with Crippen LogP contribution in [0.5, 0.6) is 0 Å². The second-order valence-corrected chi connectivity index (χ2v) is 18.8. The Morgan fingerprint density at radius 2 is 0.580 bits per heavy atom. The molecule has 0 aromatic rings. The SMILES string of the molecule is CC/C=C\C/C=C\C/C=C\C/C=C\CCCCCCC(=O)OC[C@H](COC(=O)CCCCCCCCCCCCCCCCCCC)OC(=O)CCC/C=C\C/C=C\C/C=C\C/C=C\CCCCC. The first-order chi connectivity index (χ1) is 34.0. The lowest BCUT2D eigenvalue weighted by atomic mass is 10.0. The largest absolute Gasteiger partial charge is 0.462 e. The molecular formula is C63H106O6. The van der Waals surface area contributed by atoms with E-state index in [4.69, 9.17) is 14.2 Å². The molecule has 0 saturated carbocycles. The molecule has 0 unspecified atom stereocenters. The average Bonchev–Trinajstić information content (AvgIpc) is 3.35. The van der Waals surface area contributed by atoms with Gasteiger partial charge in [-0.05, 0) is 96.3 Å². The van der Waals surface area contributed by atoms with Crippen LogP contribution in [0.25, 0.3) is 0 Å². The minimum Gasteiger partial charge on any atom is -0.462 e. The normalized spacial score (nSPS) is 12.8. The molecule has 0 aliphatic rings. The van der Waals surface area contributed by atoms with E-state index in [-0.39, 0.29) is 37.5 Å². The molecule has 69 heavy (non-hydrogen) atoms. The highest BCUT2D eigenvalue weighted by molar-refractivity contribution is 5.71. The molecule has 394 valence electrons. The molecule has 1 atom stereocenters. The van der Waals surface area contributed by atoms with Gasteiger partial charge in [-0.2, -0.15) is 0 Å². The predicted octanol–water partition coefficient (Wildman–Crippen LogP) is 19.3. The summed E-state index contributed by atoms with van der Waals surface area (Å²) in [6.07, 6.45) is 75.4. The van der Waals surface area contributed by atoms with Crippen LogP contribution in [0.2, 0.25) is 0 Å². The Morgan fingerprint density at radius 3 is 0.957 bits per heavy atom. The number of carbonyl (C=O) groups is 3. The minimum atomic E-state index is -0.816. The van der Waals surface area contributed by atoms with E-state index in [1.54, 1.807) is 0 Å². The van der Waals surface area contributed by atoms with Gasteiger partial charge in [0.2, 0.25) is 0 Å². The lowest BCUT2D eigenvalue weighted by Crippen LogP contribution is -2.30. The fourth-order valence-electron chi connectivity index (χ4n) is 7.78. The van der Waals surface area contributed by atoms with Crippen LogP contribution in [-0.2, 0) is 28.6 Å². The van der Waals surface area contributed by atoms with E-state index in [0.29, 0.717) is 19.3 Å². The van der Waals surface area contributed by atoms with Crippen LogP contribution in [0.15, 0.2) is 97.2 Å². The molecule has 0 saturated heterocycles. The standard InChI is InChI=1S/C63H106O6/c1-4-7-10-13-16-19-22-25-28-31-34-37-40-43-46-49-52-55-61(64)67-58-60(69-63(66)57-54-51-48-45-42-39-36-33-30-27-24-21-18-15-12-9-6-3)59-68-62(65)56-53-50-47-44-41-38-35-32-29-26-23-20-17-14-11-8-5-2/h7,10,16,18-19,21,25,27-28,30,34,36-37,39,45,48,60H,4-6,8-9,11-15,17,20,22-24,26,29,31-33,35,38,40-44,46-47,49-59H2,1-3H3/b10-7-,19-16-,21-18-,28-25-,30-27-,37-34-,39-36-,48-45-/t60-/m1/s1. The van der Waals surface area contributed by atoms with E-state index in [1.165, 1.54) is 116 Å². The van der Waals surface area contributed by atoms with Crippen molar-refractivity contribution in [3.05, 3.63) is 97.2 Å². The smallest absolute Gasteiger partial charge is 0.306 e. The number of rotatable bonds is 51. The highest BCUT2D eigenvalue weighted by Crippen LogP contribution is 2.15. The van der Waals surface area contributed by atoms with E-state index in [9.17, 15) is 14.4 Å². The zero-order valence-corrected chi connectivity index (χ0v) is 45.0. The maximum absolute atomic E-state index is 12.8. The van der Waals surface area contributed by atoms with E-state index in [0.717, 1.165) is 103 Å². The summed E-state index contributed by atoms with van der Waals surface area (Å²) in [6, 6.07) is 0. The number of unbranched alkanes of at least 4 members (excludes halogenated alkanes) is 24. The molecule has 0 radical (unpaired) electrons. The van der Waals surface area contributed by atoms with Gasteiger partial charge in [0.05, 0.1) is 0 Å². The molecule has 0 N–H and O–H groups in total. The van der Waals surface area contributed by atoms with Crippen molar-refractivity contribution >= 4 is 17.9 Å². The van der Waals surface area contributed by atoms with Gasteiger partial charge < -0.3 is 14.2 Å². The van der Waals surface area contributed by atoms with Crippen LogP contribution in [-0.4, -0.2) is 37.2 Å². The number of ether oxygens (including phenoxy) is 3. The molecule has 0 rings (SSSR count). The predicted molar refractivity (Wildman–Crippen MR) is 297 cm³/mol. The number of carbonyl (C=O) groups excluding carboxylic acids is 3. The quantitative estimate of drug-likeness (QED) is 0.0262. The van der Waals surface area contributed by atoms with Crippen molar-refractivity contribution in [2.75, 3.05) is 13.2 Å². The second-order valence-electron chi connectivity index (χ2n) is 18.8. The molecule has 0 spiro atoms. The molecule has 6 heteroatoms. The van der Waals surface area contributed by atoms with Crippen LogP contribution in [0, 0.1) is 0 Å². The summed E-state index contributed by atoms with van der Waals surface area (Å²) in [4.78, 5) is 38.1. The molecular weight excluding hydrogens is 853 g/mol. The Morgan fingerprint density at radius 1 is 0.304 bits per heavy atom. The number of allylic oxidation sites excluding steroid dienone is 16. The van der Waals surface area contributed by atoms with Gasteiger partial charge in [-0.25, -0.2) is 0 Å². The molecule has 0 aliphatic carbocycles. The third kappa shape index (κ3) is 55.1. The van der Waals surface area contributed by atoms with E-state index in [1.807, 2.05) is 0 Å². The number of hydrogen-bond acceptors (Lipinski definition) is 6. The van der Waals surface area contributed by atoms with Gasteiger partial charge in [-0.15, -0.1) is 0 Å². The van der Waals surface area contributed by atoms with Crippen molar-refractivity contribution in [2.24, 2.45) is 0 Å². The lowest BCUT2D eigenvalue weighted by Gasteiger charge is -2.18. The first kappa shape index (κ1) is 65.3. The Hall–Kier alpha value is -3.67. The summed E-state index contributed by atoms with van der Waals surface area (Å²) < 4.78 is 16.8. The first-order valence-corrected chi connectivity index (χ1v) is 28.7. The van der Waals surface area contributed by atoms with Gasteiger partial charge in [-0.3, -0.25) is 14.4 Å². The van der Waals surface area contributed by atoms with Crippen LogP contribution in [0.1, 0.15) is 265 Å². The van der Waals surface area contributed by atoms with Crippen molar-refractivity contribution in [3.8, 4) is 0 Å². The van der Waals surface area contributed by atoms with Gasteiger partial charge in [-0.1, -0.05) is 246 Å². The molecule has 0 bridgehead atoms. The van der Waals surface area contributed by atoms with Crippen molar-refractivity contribution in [2.45, 2.75) is 271 Å². The third-order valence-electron chi connectivity index (χ3n) is 12.1. The molecule has 0 fully saturated rings. The fraction of sp³-hybridized carbons (Fsp3) is 0.698. The Bertz CT molecular complexity index is 1380. The van der Waals surface area contributed by atoms with E-state index < -0.39 is 6.10 Å². The maximum atomic E-state index is 12.8. The highest BCUT2D eigenvalue weighted by Gasteiger charge is 2.19.